The maximum atomic E-state index is 12.2. The van der Waals surface area contributed by atoms with Crippen LogP contribution < -0.4 is 21.1 Å². The first-order valence-corrected chi connectivity index (χ1v) is 8.70. The van der Waals surface area contributed by atoms with Gasteiger partial charge < -0.3 is 15.4 Å². The lowest BCUT2D eigenvalue weighted by Crippen LogP contribution is -2.31. The highest BCUT2D eigenvalue weighted by Gasteiger charge is 2.09. The third-order valence-corrected chi connectivity index (χ3v) is 3.92. The second kappa shape index (κ2) is 8.79. The Labute approximate surface area is 166 Å². The molecule has 0 atom stereocenters. The fraction of sp³-hybridized carbons (Fsp3) is 0.150. The molecular weight excluding hydrogens is 374 g/mol. The van der Waals surface area contributed by atoms with Gasteiger partial charge in [-0.2, -0.15) is 10.1 Å². The van der Waals surface area contributed by atoms with Gasteiger partial charge in [0, 0.05) is 23.9 Å². The lowest BCUT2D eigenvalue weighted by atomic mass is 10.1. The Hall–Kier alpha value is -4.01. The number of rotatable bonds is 6. The third kappa shape index (κ3) is 5.25. The molecule has 0 aliphatic carbocycles. The van der Waals surface area contributed by atoms with Crippen molar-refractivity contribution in [2.24, 2.45) is 0 Å². The average molecular weight is 393 g/mol. The Morgan fingerprint density at radius 1 is 1.00 bits per heavy atom. The second-order valence-electron chi connectivity index (χ2n) is 6.12. The lowest BCUT2D eigenvalue weighted by molar-refractivity contribution is -0.117. The number of hydrogen-bond acceptors (Lipinski definition) is 6. The van der Waals surface area contributed by atoms with Crippen LogP contribution >= 0.6 is 0 Å². The summed E-state index contributed by atoms with van der Waals surface area (Å²) in [5.74, 6) is 0.0838. The monoisotopic (exact) mass is 393 g/mol. The summed E-state index contributed by atoms with van der Waals surface area (Å²) < 4.78 is 6.08. The van der Waals surface area contributed by atoms with Gasteiger partial charge in [0.1, 0.15) is 12.3 Å². The maximum Gasteiger partial charge on any atom is 0.365 e. The van der Waals surface area contributed by atoms with Crippen molar-refractivity contribution in [3.8, 4) is 17.0 Å². The zero-order valence-electron chi connectivity index (χ0n) is 15.9. The molecule has 0 unspecified atom stereocenters. The third-order valence-electron chi connectivity index (χ3n) is 3.92. The van der Waals surface area contributed by atoms with Gasteiger partial charge in [-0.25, -0.2) is 9.48 Å². The molecule has 0 saturated heterocycles. The molecule has 0 aliphatic heterocycles. The van der Waals surface area contributed by atoms with Crippen molar-refractivity contribution >= 4 is 23.2 Å². The van der Waals surface area contributed by atoms with E-state index in [1.54, 1.807) is 55.6 Å². The van der Waals surface area contributed by atoms with Crippen molar-refractivity contribution in [2.75, 3.05) is 17.7 Å². The predicted molar refractivity (Wildman–Crippen MR) is 108 cm³/mol. The van der Waals surface area contributed by atoms with Gasteiger partial charge >= 0.3 is 5.69 Å². The molecular formula is C20H19N5O4. The van der Waals surface area contributed by atoms with Gasteiger partial charge in [0.25, 0.3) is 0 Å². The first-order chi connectivity index (χ1) is 13.9. The van der Waals surface area contributed by atoms with Crippen LogP contribution in [-0.2, 0) is 16.1 Å². The number of carbonyl (C=O) groups is 2. The van der Waals surface area contributed by atoms with Gasteiger partial charge in [-0.1, -0.05) is 0 Å². The van der Waals surface area contributed by atoms with E-state index < -0.39 is 11.6 Å². The average Bonchev–Trinajstić information content (AvgIpc) is 2.71. The highest BCUT2D eigenvalue weighted by atomic mass is 16.5. The first kappa shape index (κ1) is 19.7. The smallest absolute Gasteiger partial charge is 0.365 e. The number of aromatic nitrogens is 3. The largest absolute Gasteiger partial charge is 0.497 e. The summed E-state index contributed by atoms with van der Waals surface area (Å²) in [5.41, 5.74) is 1.63. The molecule has 148 valence electrons. The van der Waals surface area contributed by atoms with E-state index in [0.717, 1.165) is 4.68 Å². The highest BCUT2D eigenvalue weighted by molar-refractivity contribution is 5.92. The van der Waals surface area contributed by atoms with E-state index in [-0.39, 0.29) is 12.5 Å². The molecule has 0 radical (unpaired) electrons. The topological polar surface area (TPSA) is 115 Å². The van der Waals surface area contributed by atoms with E-state index in [1.807, 2.05) is 0 Å². The number of nitrogens with zero attached hydrogens (tertiary/aromatic N) is 3. The Bertz CT molecular complexity index is 1080. The van der Waals surface area contributed by atoms with Gasteiger partial charge in [-0.15, -0.1) is 0 Å². The lowest BCUT2D eigenvalue weighted by Gasteiger charge is -2.08. The van der Waals surface area contributed by atoms with Crippen molar-refractivity contribution in [2.45, 2.75) is 13.5 Å². The molecule has 9 nitrogen and oxygen atoms in total. The molecule has 9 heteroatoms. The summed E-state index contributed by atoms with van der Waals surface area (Å²) in [4.78, 5) is 39.4. The molecule has 1 aromatic heterocycles. The van der Waals surface area contributed by atoms with Crippen molar-refractivity contribution in [1.29, 1.82) is 0 Å². The summed E-state index contributed by atoms with van der Waals surface area (Å²) in [5, 5.41) is 9.33. The van der Waals surface area contributed by atoms with E-state index in [0.29, 0.717) is 28.4 Å². The van der Waals surface area contributed by atoms with Crippen molar-refractivity contribution < 1.29 is 14.3 Å². The summed E-state index contributed by atoms with van der Waals surface area (Å²) in [6.45, 7) is 1.14. The van der Waals surface area contributed by atoms with Crippen LogP contribution in [0.2, 0.25) is 0 Å². The molecule has 0 spiro atoms. The molecule has 2 aromatic carbocycles. The van der Waals surface area contributed by atoms with Gasteiger partial charge in [0.2, 0.25) is 11.8 Å². The summed E-state index contributed by atoms with van der Waals surface area (Å²) in [6, 6.07) is 13.7. The summed E-state index contributed by atoms with van der Waals surface area (Å²) in [7, 11) is 1.57. The van der Waals surface area contributed by atoms with Gasteiger partial charge in [-0.05, 0) is 48.5 Å². The van der Waals surface area contributed by atoms with Crippen molar-refractivity contribution in [3.63, 3.8) is 0 Å². The normalized spacial score (nSPS) is 10.3. The molecule has 2 N–H and O–H groups in total. The van der Waals surface area contributed by atoms with E-state index in [2.05, 4.69) is 20.7 Å². The first-order valence-electron chi connectivity index (χ1n) is 8.70. The molecule has 0 aliphatic rings. The van der Waals surface area contributed by atoms with E-state index in [4.69, 9.17) is 4.74 Å². The van der Waals surface area contributed by atoms with Gasteiger partial charge in [-0.3, -0.25) is 9.59 Å². The number of anilines is 2. The number of methoxy groups -OCH3 is 1. The fourth-order valence-corrected chi connectivity index (χ4v) is 2.55. The van der Waals surface area contributed by atoms with Crippen LogP contribution in [0.5, 0.6) is 5.75 Å². The molecule has 3 rings (SSSR count). The van der Waals surface area contributed by atoms with E-state index in [9.17, 15) is 14.4 Å². The van der Waals surface area contributed by atoms with Crippen LogP contribution in [0, 0.1) is 0 Å². The number of nitrogens with one attached hydrogen (secondary N) is 2. The standard InChI is InChI=1S/C20H19N5O4/c1-13(26)22-15-5-7-16(8-6-15)23-19(27)12-25-20(28)24-18(11-21-25)14-3-9-17(29-2)10-4-14/h3-11H,12H2,1-2H3,(H,22,26)(H,23,27). The van der Waals surface area contributed by atoms with Crippen LogP contribution in [0.4, 0.5) is 11.4 Å². The highest BCUT2D eigenvalue weighted by Crippen LogP contribution is 2.19. The minimum atomic E-state index is -0.630. The van der Waals surface area contributed by atoms with Crippen molar-refractivity contribution in [1.82, 2.24) is 14.8 Å². The summed E-state index contributed by atoms with van der Waals surface area (Å²) >= 11 is 0. The van der Waals surface area contributed by atoms with Gasteiger partial charge in [0.05, 0.1) is 19.0 Å². The van der Waals surface area contributed by atoms with E-state index >= 15 is 0 Å². The maximum absolute atomic E-state index is 12.2. The van der Waals surface area contributed by atoms with Crippen molar-refractivity contribution in [3.05, 3.63) is 65.2 Å². The number of amides is 2. The van der Waals surface area contributed by atoms with Crippen LogP contribution in [0.25, 0.3) is 11.3 Å². The van der Waals surface area contributed by atoms with Crippen LogP contribution in [0.15, 0.2) is 59.5 Å². The minimum Gasteiger partial charge on any atom is -0.497 e. The predicted octanol–water partition coefficient (Wildman–Crippen LogP) is 1.91. The number of carbonyl (C=O) groups excluding carboxylic acids is 2. The van der Waals surface area contributed by atoms with Gasteiger partial charge in [0.15, 0.2) is 0 Å². The molecule has 0 bridgehead atoms. The number of ether oxygens (including phenoxy) is 1. The zero-order chi connectivity index (χ0) is 20.8. The Kier molecular flexibility index (Phi) is 5.98. The van der Waals surface area contributed by atoms with Crippen LogP contribution in [0.3, 0.4) is 0 Å². The fourth-order valence-electron chi connectivity index (χ4n) is 2.55. The zero-order valence-corrected chi connectivity index (χ0v) is 15.9. The van der Waals surface area contributed by atoms with Crippen LogP contribution in [0.1, 0.15) is 6.92 Å². The molecule has 2 amide bonds. The molecule has 1 heterocycles. The quantitative estimate of drug-likeness (QED) is 0.661. The molecule has 29 heavy (non-hydrogen) atoms. The molecule has 0 saturated carbocycles. The Morgan fingerprint density at radius 2 is 1.62 bits per heavy atom. The SMILES string of the molecule is COc1ccc(-c2cnn(CC(=O)Nc3ccc(NC(C)=O)cc3)c(=O)n2)cc1. The Balaban J connectivity index is 1.65. The molecule has 3 aromatic rings. The summed E-state index contributed by atoms with van der Waals surface area (Å²) in [6.07, 6.45) is 1.43. The minimum absolute atomic E-state index is 0.183. The Morgan fingerprint density at radius 3 is 2.17 bits per heavy atom. The van der Waals surface area contributed by atoms with E-state index in [1.165, 1.54) is 13.1 Å². The van der Waals surface area contributed by atoms with Crippen LogP contribution in [-0.4, -0.2) is 33.7 Å². The second-order valence-corrected chi connectivity index (χ2v) is 6.12. The molecule has 0 fully saturated rings. The number of hydrogen-bond donors (Lipinski definition) is 2. The number of benzene rings is 2.